The average Bonchev–Trinajstić information content (AvgIpc) is 2.68. The van der Waals surface area contributed by atoms with Crippen LogP contribution in [0.1, 0.15) is 0 Å². The second kappa shape index (κ2) is 7.62. The van der Waals surface area contributed by atoms with Gasteiger partial charge in [-0.05, 0) is 36.4 Å². The van der Waals surface area contributed by atoms with Gasteiger partial charge in [0, 0.05) is 37.1 Å². The highest BCUT2D eigenvalue weighted by atomic mass is 32.2. The molecule has 0 amide bonds. The molecule has 0 N–H and O–H groups in total. The molecule has 0 atom stereocenters. The van der Waals surface area contributed by atoms with Crippen LogP contribution in [0.5, 0.6) is 0 Å². The number of halogens is 1. The fraction of sp³-hybridized carbons (Fsp3) is 0.250. The van der Waals surface area contributed by atoms with Gasteiger partial charge in [-0.25, -0.2) is 17.8 Å². The average molecular weight is 385 g/mol. The van der Waals surface area contributed by atoms with Crippen molar-refractivity contribution in [3.63, 3.8) is 0 Å². The molecule has 0 unspecified atom stereocenters. The van der Waals surface area contributed by atoms with E-state index in [2.05, 4.69) is 11.0 Å². The number of piperazine rings is 1. The quantitative estimate of drug-likeness (QED) is 0.700. The smallest absolute Gasteiger partial charge is 0.153 e. The van der Waals surface area contributed by atoms with Crippen molar-refractivity contribution in [3.8, 4) is 11.3 Å². The molecule has 1 aliphatic heterocycles. The number of anilines is 1. The molecule has 2 heterocycles. The van der Waals surface area contributed by atoms with Gasteiger partial charge in [0.1, 0.15) is 5.82 Å². The molecule has 27 heavy (non-hydrogen) atoms. The van der Waals surface area contributed by atoms with E-state index in [1.165, 1.54) is 12.1 Å². The summed E-state index contributed by atoms with van der Waals surface area (Å²) >= 11 is 0. The third-order valence-electron chi connectivity index (χ3n) is 4.85. The largest absolute Gasteiger partial charge is 0.367 e. The van der Waals surface area contributed by atoms with E-state index in [0.29, 0.717) is 13.1 Å². The molecule has 0 spiro atoms. The summed E-state index contributed by atoms with van der Waals surface area (Å²) in [5.41, 5.74) is 3.56. The second-order valence-electron chi connectivity index (χ2n) is 6.63. The summed E-state index contributed by atoms with van der Waals surface area (Å²) in [5, 5.41) is 1.04. The zero-order valence-electron chi connectivity index (χ0n) is 14.7. The highest BCUT2D eigenvalue weighted by molar-refractivity contribution is 7.72. The maximum Gasteiger partial charge on any atom is 0.153 e. The molecular weight excluding hydrogens is 365 g/mol. The lowest BCUT2D eigenvalue weighted by atomic mass is 10.1. The van der Waals surface area contributed by atoms with Crippen LogP contribution in [-0.4, -0.2) is 50.4 Å². The molecule has 1 fully saturated rings. The number of aromatic nitrogens is 1. The van der Waals surface area contributed by atoms with Gasteiger partial charge in [-0.1, -0.05) is 18.2 Å². The Morgan fingerprint density at radius 2 is 1.67 bits per heavy atom. The van der Waals surface area contributed by atoms with Gasteiger partial charge in [0.15, 0.2) is 10.7 Å². The van der Waals surface area contributed by atoms with E-state index in [4.69, 9.17) is 4.98 Å². The lowest BCUT2D eigenvalue weighted by Gasteiger charge is -2.36. The molecule has 5 nitrogen and oxygen atoms in total. The van der Waals surface area contributed by atoms with E-state index in [-0.39, 0.29) is 11.7 Å². The summed E-state index contributed by atoms with van der Waals surface area (Å²) in [6.45, 7) is 2.80. The first-order chi connectivity index (χ1) is 13.1. The van der Waals surface area contributed by atoms with Gasteiger partial charge < -0.3 is 4.90 Å². The highest BCUT2D eigenvalue weighted by Crippen LogP contribution is 2.33. The number of hydrogen-bond donors (Lipinski definition) is 1. The molecular formula is C20H20FN3O2S. The van der Waals surface area contributed by atoms with Gasteiger partial charge in [0.2, 0.25) is 0 Å². The Bertz CT molecular complexity index is 1020. The Morgan fingerprint density at radius 1 is 0.963 bits per heavy atom. The zero-order valence-corrected chi connectivity index (χ0v) is 15.6. The van der Waals surface area contributed by atoms with Crippen molar-refractivity contribution in [1.82, 2.24) is 9.88 Å². The SMILES string of the molecule is O=[SH](=O)CN1CCN(c2cc3ccccc3nc2-c2ccc(F)cc2)CC1. The molecule has 140 valence electrons. The molecule has 0 aliphatic carbocycles. The third-order valence-corrected chi connectivity index (χ3v) is 5.48. The number of pyridine rings is 1. The van der Waals surface area contributed by atoms with Crippen molar-refractivity contribution in [1.29, 1.82) is 0 Å². The van der Waals surface area contributed by atoms with Gasteiger partial charge in [-0.15, -0.1) is 0 Å². The monoisotopic (exact) mass is 385 g/mol. The topological polar surface area (TPSA) is 53.5 Å². The number of para-hydroxylation sites is 1. The van der Waals surface area contributed by atoms with Crippen LogP contribution < -0.4 is 4.90 Å². The summed E-state index contributed by atoms with van der Waals surface area (Å²) in [5.74, 6) is -0.175. The molecule has 1 saturated heterocycles. The fourth-order valence-electron chi connectivity index (χ4n) is 3.46. The number of hydrogen-bond acceptors (Lipinski definition) is 5. The van der Waals surface area contributed by atoms with E-state index in [9.17, 15) is 12.8 Å². The minimum atomic E-state index is -2.40. The van der Waals surface area contributed by atoms with Crippen LogP contribution in [0.3, 0.4) is 0 Å². The molecule has 0 bridgehead atoms. The van der Waals surface area contributed by atoms with E-state index in [1.807, 2.05) is 29.2 Å². The van der Waals surface area contributed by atoms with Crippen LogP contribution in [0.25, 0.3) is 22.2 Å². The lowest BCUT2D eigenvalue weighted by Crippen LogP contribution is -2.47. The molecule has 7 heteroatoms. The maximum absolute atomic E-state index is 13.4. The minimum absolute atomic E-state index is 0.101. The lowest BCUT2D eigenvalue weighted by molar-refractivity contribution is 0.296. The Balaban J connectivity index is 1.72. The Hall–Kier alpha value is -2.51. The van der Waals surface area contributed by atoms with E-state index in [1.54, 1.807) is 12.1 Å². The first-order valence-electron chi connectivity index (χ1n) is 8.85. The Morgan fingerprint density at radius 3 is 2.37 bits per heavy atom. The summed E-state index contributed by atoms with van der Waals surface area (Å²) in [6, 6.07) is 16.4. The predicted molar refractivity (Wildman–Crippen MR) is 106 cm³/mol. The van der Waals surface area contributed by atoms with Gasteiger partial charge in [0.25, 0.3) is 0 Å². The first kappa shape index (κ1) is 17.9. The van der Waals surface area contributed by atoms with E-state index < -0.39 is 10.7 Å². The van der Waals surface area contributed by atoms with Crippen LogP contribution >= 0.6 is 0 Å². The van der Waals surface area contributed by atoms with E-state index >= 15 is 0 Å². The van der Waals surface area contributed by atoms with Crippen molar-refractivity contribution in [2.24, 2.45) is 0 Å². The number of fused-ring (bicyclic) bond motifs is 1. The Kier molecular flexibility index (Phi) is 5.05. The van der Waals surface area contributed by atoms with Crippen molar-refractivity contribution in [2.45, 2.75) is 0 Å². The summed E-state index contributed by atoms with van der Waals surface area (Å²) in [7, 11) is -2.40. The van der Waals surface area contributed by atoms with Gasteiger partial charge in [-0.3, -0.25) is 4.90 Å². The fourth-order valence-corrected chi connectivity index (χ4v) is 4.07. The number of nitrogens with zero attached hydrogens (tertiary/aromatic N) is 3. The molecule has 1 aromatic heterocycles. The molecule has 0 saturated carbocycles. The number of thiol groups is 1. The molecule has 0 radical (unpaired) electrons. The van der Waals surface area contributed by atoms with Crippen LogP contribution in [0.4, 0.5) is 10.1 Å². The minimum Gasteiger partial charge on any atom is -0.367 e. The molecule has 2 aromatic carbocycles. The van der Waals surface area contributed by atoms with E-state index in [0.717, 1.165) is 40.9 Å². The van der Waals surface area contributed by atoms with Crippen molar-refractivity contribution < 1.29 is 12.8 Å². The maximum atomic E-state index is 13.4. The number of benzene rings is 2. The van der Waals surface area contributed by atoms with Crippen LogP contribution in [0, 0.1) is 5.82 Å². The molecule has 1 aliphatic rings. The molecule has 3 aromatic rings. The first-order valence-corrected chi connectivity index (χ1v) is 10.2. The molecule has 4 rings (SSSR count). The van der Waals surface area contributed by atoms with Gasteiger partial charge in [0.05, 0.1) is 22.8 Å². The van der Waals surface area contributed by atoms with Gasteiger partial charge >= 0.3 is 0 Å². The predicted octanol–water partition coefficient (Wildman–Crippen LogP) is 2.73. The normalized spacial score (nSPS) is 15.6. The Labute approximate surface area is 159 Å². The van der Waals surface area contributed by atoms with Crippen molar-refractivity contribution in [2.75, 3.05) is 37.0 Å². The zero-order chi connectivity index (χ0) is 18.8. The van der Waals surface area contributed by atoms with Crippen LogP contribution in [-0.2, 0) is 10.7 Å². The summed E-state index contributed by atoms with van der Waals surface area (Å²) in [4.78, 5) is 9.01. The second-order valence-corrected chi connectivity index (χ2v) is 7.58. The highest BCUT2D eigenvalue weighted by Gasteiger charge is 2.21. The van der Waals surface area contributed by atoms with Crippen LogP contribution in [0.2, 0.25) is 0 Å². The summed E-state index contributed by atoms with van der Waals surface area (Å²) in [6.07, 6.45) is 0. The van der Waals surface area contributed by atoms with Gasteiger partial charge in [-0.2, -0.15) is 0 Å². The van der Waals surface area contributed by atoms with Crippen LogP contribution in [0.15, 0.2) is 54.6 Å². The van der Waals surface area contributed by atoms with Crippen molar-refractivity contribution >= 4 is 27.3 Å². The summed E-state index contributed by atoms with van der Waals surface area (Å²) < 4.78 is 35.3. The van der Waals surface area contributed by atoms with Crippen molar-refractivity contribution in [3.05, 3.63) is 60.4 Å². The standard InChI is InChI=1S/C20H20FN3O2S/c21-17-7-5-15(6-8-17)20-19(13-16-3-1-2-4-18(16)22-20)24-11-9-23(10-12-24)14-27(25)26/h1-8,13,27H,9-12,14H2. The third kappa shape index (κ3) is 3.94. The number of rotatable bonds is 4.